The van der Waals surface area contributed by atoms with Gasteiger partial charge in [0.15, 0.2) is 0 Å². The van der Waals surface area contributed by atoms with Crippen molar-refractivity contribution >= 4 is 26.8 Å². The van der Waals surface area contributed by atoms with Crippen LogP contribution in [0.25, 0.3) is 10.9 Å². The molecule has 0 unspecified atom stereocenters. The molecule has 2 aromatic carbocycles. The normalized spacial score (nSPS) is 11.1. The molecule has 0 spiro atoms. The van der Waals surface area contributed by atoms with Crippen LogP contribution in [0, 0.1) is 13.8 Å². The van der Waals surface area contributed by atoms with Crippen molar-refractivity contribution in [3.63, 3.8) is 0 Å². The molecule has 0 saturated carbocycles. The number of nitrogens with zero attached hydrogens (tertiary/aromatic N) is 1. The first kappa shape index (κ1) is 12.5. The number of rotatable bonds is 2. The smallest absolute Gasteiger partial charge is 0.0484 e. The quantitative estimate of drug-likeness (QED) is 0.622. The van der Waals surface area contributed by atoms with Gasteiger partial charge in [-0.1, -0.05) is 34.1 Å². The molecule has 0 fully saturated rings. The molecule has 1 heterocycles. The molecule has 0 aliphatic heterocycles. The second-order valence-electron chi connectivity index (χ2n) is 5.07. The molecule has 3 aromatic rings. The van der Waals surface area contributed by atoms with E-state index in [0.29, 0.717) is 0 Å². The Bertz CT molecular complexity index is 740. The van der Waals surface area contributed by atoms with Gasteiger partial charge in [-0.05, 0) is 54.8 Å². The molecule has 0 amide bonds. The third kappa shape index (κ3) is 2.45. The SMILES string of the molecule is Cc1ccc(Cn2ccc3cc(Br)ccc32)cc1C. The van der Waals surface area contributed by atoms with Gasteiger partial charge in [0.05, 0.1) is 0 Å². The van der Waals surface area contributed by atoms with Crippen LogP contribution >= 0.6 is 15.9 Å². The lowest BCUT2D eigenvalue weighted by atomic mass is 10.1. The lowest BCUT2D eigenvalue weighted by Crippen LogP contribution is -1.98. The number of hydrogen-bond acceptors (Lipinski definition) is 0. The van der Waals surface area contributed by atoms with Gasteiger partial charge in [0.1, 0.15) is 0 Å². The van der Waals surface area contributed by atoms with Crippen LogP contribution < -0.4 is 0 Å². The Labute approximate surface area is 122 Å². The highest BCUT2D eigenvalue weighted by Crippen LogP contribution is 2.22. The first-order chi connectivity index (χ1) is 9.13. The van der Waals surface area contributed by atoms with Crippen molar-refractivity contribution in [3.8, 4) is 0 Å². The minimum Gasteiger partial charge on any atom is -0.343 e. The van der Waals surface area contributed by atoms with E-state index in [0.717, 1.165) is 11.0 Å². The molecule has 1 nitrogen and oxygen atoms in total. The summed E-state index contributed by atoms with van der Waals surface area (Å²) in [6.45, 7) is 5.25. The van der Waals surface area contributed by atoms with Gasteiger partial charge in [0, 0.05) is 28.1 Å². The third-order valence-corrected chi connectivity index (χ3v) is 4.15. The Balaban J connectivity index is 1.98. The largest absolute Gasteiger partial charge is 0.343 e. The maximum Gasteiger partial charge on any atom is 0.0484 e. The lowest BCUT2D eigenvalue weighted by molar-refractivity contribution is 0.835. The summed E-state index contributed by atoms with van der Waals surface area (Å²) in [5.41, 5.74) is 5.34. The molecule has 2 heteroatoms. The van der Waals surface area contributed by atoms with Crippen LogP contribution in [0.3, 0.4) is 0 Å². The van der Waals surface area contributed by atoms with Crippen LogP contribution in [-0.4, -0.2) is 4.57 Å². The second kappa shape index (κ2) is 4.86. The maximum absolute atomic E-state index is 3.52. The number of hydrogen-bond donors (Lipinski definition) is 0. The summed E-state index contributed by atoms with van der Waals surface area (Å²) in [7, 11) is 0. The number of aromatic nitrogens is 1. The van der Waals surface area contributed by atoms with Gasteiger partial charge in [-0.2, -0.15) is 0 Å². The topological polar surface area (TPSA) is 4.93 Å². The highest BCUT2D eigenvalue weighted by Gasteiger charge is 2.03. The van der Waals surface area contributed by atoms with Crippen molar-refractivity contribution < 1.29 is 0 Å². The highest BCUT2D eigenvalue weighted by molar-refractivity contribution is 9.10. The summed E-state index contributed by atoms with van der Waals surface area (Å²) in [4.78, 5) is 0. The zero-order chi connectivity index (χ0) is 13.4. The van der Waals surface area contributed by atoms with Crippen LogP contribution in [0.4, 0.5) is 0 Å². The van der Waals surface area contributed by atoms with Crippen molar-refractivity contribution in [1.29, 1.82) is 0 Å². The fraction of sp³-hybridized carbons (Fsp3) is 0.176. The van der Waals surface area contributed by atoms with Crippen molar-refractivity contribution in [1.82, 2.24) is 4.57 Å². The molecule has 0 saturated heterocycles. The van der Waals surface area contributed by atoms with E-state index in [2.05, 4.69) is 83.0 Å². The summed E-state index contributed by atoms with van der Waals surface area (Å²) < 4.78 is 3.43. The van der Waals surface area contributed by atoms with E-state index >= 15 is 0 Å². The van der Waals surface area contributed by atoms with Crippen molar-refractivity contribution in [2.24, 2.45) is 0 Å². The average Bonchev–Trinajstić information content (AvgIpc) is 2.76. The van der Waals surface area contributed by atoms with Crippen LogP contribution in [0.5, 0.6) is 0 Å². The fourth-order valence-corrected chi connectivity index (χ4v) is 2.79. The van der Waals surface area contributed by atoms with Crippen molar-refractivity contribution in [2.45, 2.75) is 20.4 Å². The van der Waals surface area contributed by atoms with Gasteiger partial charge in [-0.15, -0.1) is 0 Å². The molecule has 96 valence electrons. The van der Waals surface area contributed by atoms with E-state index in [1.807, 2.05) is 0 Å². The highest BCUT2D eigenvalue weighted by atomic mass is 79.9. The van der Waals surface area contributed by atoms with E-state index in [1.165, 1.54) is 27.6 Å². The number of halogens is 1. The van der Waals surface area contributed by atoms with Gasteiger partial charge in [0.2, 0.25) is 0 Å². The summed E-state index contributed by atoms with van der Waals surface area (Å²) in [5, 5.41) is 1.28. The molecule has 0 bridgehead atoms. The van der Waals surface area contributed by atoms with Crippen LogP contribution in [0.15, 0.2) is 53.1 Å². The molecular formula is C17H16BrN. The van der Waals surface area contributed by atoms with Crippen LogP contribution in [0.2, 0.25) is 0 Å². The summed E-state index contributed by atoms with van der Waals surface area (Å²) >= 11 is 3.52. The van der Waals surface area contributed by atoms with E-state index in [4.69, 9.17) is 0 Å². The minimum atomic E-state index is 0.923. The van der Waals surface area contributed by atoms with Gasteiger partial charge < -0.3 is 4.57 Å². The molecule has 0 aliphatic rings. The lowest BCUT2D eigenvalue weighted by Gasteiger charge is -2.08. The van der Waals surface area contributed by atoms with Crippen molar-refractivity contribution in [2.75, 3.05) is 0 Å². The molecule has 0 radical (unpaired) electrons. The zero-order valence-corrected chi connectivity index (χ0v) is 12.7. The van der Waals surface area contributed by atoms with Gasteiger partial charge in [-0.25, -0.2) is 0 Å². The van der Waals surface area contributed by atoms with Gasteiger partial charge in [0.25, 0.3) is 0 Å². The Kier molecular flexibility index (Phi) is 3.19. The standard InChI is InChI=1S/C17H16BrN/c1-12-3-4-14(9-13(12)2)11-19-8-7-15-10-16(18)5-6-17(15)19/h3-10H,11H2,1-2H3. The molecule has 19 heavy (non-hydrogen) atoms. The fourth-order valence-electron chi connectivity index (χ4n) is 2.41. The molecular weight excluding hydrogens is 298 g/mol. The average molecular weight is 314 g/mol. The monoisotopic (exact) mass is 313 g/mol. The first-order valence-corrected chi connectivity index (χ1v) is 7.23. The summed E-state index contributed by atoms with van der Waals surface area (Å²) in [6.07, 6.45) is 2.16. The van der Waals surface area contributed by atoms with Crippen LogP contribution in [-0.2, 0) is 6.54 Å². The van der Waals surface area contributed by atoms with E-state index in [9.17, 15) is 0 Å². The molecule has 0 N–H and O–H groups in total. The number of aryl methyl sites for hydroxylation is 2. The Hall–Kier alpha value is -1.54. The molecule has 0 aliphatic carbocycles. The van der Waals surface area contributed by atoms with E-state index in [-0.39, 0.29) is 0 Å². The van der Waals surface area contributed by atoms with E-state index < -0.39 is 0 Å². The number of fused-ring (bicyclic) bond motifs is 1. The Morgan fingerprint density at radius 2 is 1.79 bits per heavy atom. The molecule has 3 rings (SSSR count). The van der Waals surface area contributed by atoms with Crippen LogP contribution in [0.1, 0.15) is 16.7 Å². The first-order valence-electron chi connectivity index (χ1n) is 6.44. The zero-order valence-electron chi connectivity index (χ0n) is 11.2. The van der Waals surface area contributed by atoms with Crippen molar-refractivity contribution in [3.05, 3.63) is 69.8 Å². The molecule has 1 aromatic heterocycles. The molecule has 0 atom stereocenters. The van der Waals surface area contributed by atoms with Gasteiger partial charge in [-0.3, -0.25) is 0 Å². The Morgan fingerprint density at radius 3 is 2.58 bits per heavy atom. The maximum atomic E-state index is 3.52. The minimum absolute atomic E-state index is 0.923. The third-order valence-electron chi connectivity index (χ3n) is 3.66. The van der Waals surface area contributed by atoms with Gasteiger partial charge >= 0.3 is 0 Å². The summed E-state index contributed by atoms with van der Waals surface area (Å²) in [6, 6.07) is 15.3. The Morgan fingerprint density at radius 1 is 0.947 bits per heavy atom. The predicted octanol–water partition coefficient (Wildman–Crippen LogP) is 5.07. The summed E-state index contributed by atoms with van der Waals surface area (Å²) in [5.74, 6) is 0. The predicted molar refractivity (Wildman–Crippen MR) is 84.7 cm³/mol. The second-order valence-corrected chi connectivity index (χ2v) is 5.98. The number of benzene rings is 2. The van der Waals surface area contributed by atoms with E-state index in [1.54, 1.807) is 0 Å².